The Kier molecular flexibility index (Phi) is 4.38. The van der Waals surface area contributed by atoms with Crippen molar-refractivity contribution in [3.8, 4) is 22.0 Å². The molecule has 13 heteroatoms. The highest BCUT2D eigenvalue weighted by molar-refractivity contribution is 7.16. The molecule has 4 rings (SSSR count). The molecule has 29 heavy (non-hydrogen) atoms. The van der Waals surface area contributed by atoms with Gasteiger partial charge in [0.2, 0.25) is 5.01 Å². The quantitative estimate of drug-likeness (QED) is 0.504. The molecule has 0 unspecified atom stereocenters. The van der Waals surface area contributed by atoms with Crippen LogP contribution in [-0.2, 0) is 10.9 Å². The Bertz CT molecular complexity index is 1280. The number of hydrogen-bond acceptors (Lipinski definition) is 8. The fraction of sp³-hybridized carbons (Fsp3) is 0.125. The van der Waals surface area contributed by atoms with Crippen molar-refractivity contribution < 1.29 is 22.7 Å². The average molecular weight is 422 g/mol. The van der Waals surface area contributed by atoms with E-state index < -0.39 is 23.3 Å². The number of nitrogens with one attached hydrogen (secondary N) is 1. The molecule has 4 aromatic rings. The van der Waals surface area contributed by atoms with Crippen LogP contribution in [0.5, 0.6) is 0 Å². The number of carbonyl (C=O) groups excluding carboxylic acids is 1. The summed E-state index contributed by atoms with van der Waals surface area (Å²) in [5.74, 6) is -0.659. The highest BCUT2D eigenvalue weighted by Crippen LogP contribution is 2.30. The summed E-state index contributed by atoms with van der Waals surface area (Å²) < 4.78 is 43.9. The van der Waals surface area contributed by atoms with E-state index in [4.69, 9.17) is 0 Å². The zero-order chi connectivity index (χ0) is 20.8. The minimum Gasteiger partial charge on any atom is -0.464 e. The molecule has 148 valence electrons. The summed E-state index contributed by atoms with van der Waals surface area (Å²) in [5, 5.41) is 10.7. The van der Waals surface area contributed by atoms with Crippen molar-refractivity contribution in [2.75, 3.05) is 7.11 Å². The van der Waals surface area contributed by atoms with Crippen molar-refractivity contribution in [3.05, 3.63) is 51.5 Å². The lowest BCUT2D eigenvalue weighted by atomic mass is 10.2. The van der Waals surface area contributed by atoms with Gasteiger partial charge in [0, 0.05) is 18.5 Å². The second-order valence-electron chi connectivity index (χ2n) is 5.66. The molecule has 0 atom stereocenters. The Morgan fingerprint density at radius 3 is 2.69 bits per heavy atom. The lowest BCUT2D eigenvalue weighted by molar-refractivity contribution is -0.137. The van der Waals surface area contributed by atoms with Gasteiger partial charge in [0.25, 0.3) is 5.56 Å². The van der Waals surface area contributed by atoms with Crippen LogP contribution in [0.3, 0.4) is 0 Å². The summed E-state index contributed by atoms with van der Waals surface area (Å²) in [4.78, 5) is 32.0. The number of esters is 1. The molecule has 0 spiro atoms. The molecular formula is C16H9F3N6O3S. The van der Waals surface area contributed by atoms with E-state index in [0.29, 0.717) is 16.8 Å². The van der Waals surface area contributed by atoms with Crippen molar-refractivity contribution in [1.82, 2.24) is 29.8 Å². The van der Waals surface area contributed by atoms with Crippen LogP contribution in [0.1, 0.15) is 15.4 Å². The van der Waals surface area contributed by atoms with E-state index in [1.807, 2.05) is 0 Å². The summed E-state index contributed by atoms with van der Waals surface area (Å²) in [7, 11) is 1.21. The van der Waals surface area contributed by atoms with E-state index in [9.17, 15) is 22.8 Å². The van der Waals surface area contributed by atoms with Crippen LogP contribution >= 0.6 is 11.3 Å². The molecule has 0 aliphatic carbocycles. The number of nitrogens with zero attached hydrogens (tertiary/aromatic N) is 5. The molecule has 0 aliphatic heterocycles. The molecule has 0 aromatic carbocycles. The monoisotopic (exact) mass is 422 g/mol. The average Bonchev–Trinajstić information content (AvgIpc) is 3.34. The van der Waals surface area contributed by atoms with Crippen LogP contribution in [0.25, 0.3) is 27.6 Å². The Balaban J connectivity index is 1.80. The Morgan fingerprint density at radius 1 is 1.24 bits per heavy atom. The summed E-state index contributed by atoms with van der Waals surface area (Å²) in [6.45, 7) is 0. The number of alkyl halides is 3. The number of halogens is 3. The number of aromatic nitrogens is 6. The van der Waals surface area contributed by atoms with E-state index in [1.54, 1.807) is 0 Å². The molecule has 0 fully saturated rings. The van der Waals surface area contributed by atoms with Crippen LogP contribution in [0.2, 0.25) is 0 Å². The van der Waals surface area contributed by atoms with Crippen LogP contribution < -0.4 is 5.56 Å². The maximum absolute atomic E-state index is 12.7. The molecule has 4 heterocycles. The van der Waals surface area contributed by atoms with Crippen LogP contribution in [-0.4, -0.2) is 42.9 Å². The maximum Gasteiger partial charge on any atom is 0.417 e. The van der Waals surface area contributed by atoms with Crippen LogP contribution in [0.15, 0.2) is 35.4 Å². The first-order valence-electron chi connectivity index (χ1n) is 7.85. The summed E-state index contributed by atoms with van der Waals surface area (Å²) in [5.41, 5.74) is -0.703. The van der Waals surface area contributed by atoms with Crippen molar-refractivity contribution in [2.24, 2.45) is 0 Å². The number of fused-ring (bicyclic) bond motifs is 1. The SMILES string of the molecule is COC(=O)c1nnc(-c2c[nH]n3c(=O)cc(-c4ccc(C(F)(F)F)cn4)nc23)s1. The molecule has 0 saturated heterocycles. The Morgan fingerprint density at radius 2 is 2.03 bits per heavy atom. The number of carbonyl (C=O) groups is 1. The third-order valence-corrected chi connectivity index (χ3v) is 4.80. The van der Waals surface area contributed by atoms with Gasteiger partial charge in [0.1, 0.15) is 0 Å². The highest BCUT2D eigenvalue weighted by Gasteiger charge is 2.30. The predicted molar refractivity (Wildman–Crippen MR) is 94.3 cm³/mol. The molecule has 0 amide bonds. The minimum absolute atomic E-state index is 0.0183. The van der Waals surface area contributed by atoms with E-state index in [2.05, 4.69) is 30.0 Å². The number of methoxy groups -OCH3 is 1. The van der Waals surface area contributed by atoms with Gasteiger partial charge in [-0.15, -0.1) is 10.2 Å². The van der Waals surface area contributed by atoms with Gasteiger partial charge in [0.15, 0.2) is 10.7 Å². The second kappa shape index (κ2) is 6.77. The maximum atomic E-state index is 12.7. The molecular weight excluding hydrogens is 413 g/mol. The topological polar surface area (TPSA) is 115 Å². The molecule has 0 radical (unpaired) electrons. The number of aromatic amines is 1. The zero-order valence-electron chi connectivity index (χ0n) is 14.4. The standard InChI is InChI=1S/C16H9F3N6O3S/c1-28-15(27)14-24-23-13(29-14)8-6-21-25-11(26)4-10(22-12(8)25)9-3-2-7(5-20-9)16(17,18)19/h2-6,21H,1H3. The van der Waals surface area contributed by atoms with E-state index >= 15 is 0 Å². The first-order chi connectivity index (χ1) is 13.8. The normalized spacial score (nSPS) is 11.7. The predicted octanol–water partition coefficient (Wildman–Crippen LogP) is 2.41. The zero-order valence-corrected chi connectivity index (χ0v) is 15.2. The Hall–Kier alpha value is -3.61. The number of H-pyrrole nitrogens is 1. The third-order valence-electron chi connectivity index (χ3n) is 3.87. The van der Waals surface area contributed by atoms with Gasteiger partial charge < -0.3 is 4.74 Å². The van der Waals surface area contributed by atoms with Crippen molar-refractivity contribution in [3.63, 3.8) is 0 Å². The second-order valence-corrected chi connectivity index (χ2v) is 6.64. The van der Waals surface area contributed by atoms with Gasteiger partial charge in [-0.05, 0) is 12.1 Å². The summed E-state index contributed by atoms with van der Waals surface area (Å²) in [6.07, 6.45) is -2.40. The number of rotatable bonds is 3. The molecule has 9 nitrogen and oxygen atoms in total. The van der Waals surface area contributed by atoms with Crippen molar-refractivity contribution in [2.45, 2.75) is 6.18 Å². The third kappa shape index (κ3) is 3.35. The molecule has 0 bridgehead atoms. The van der Waals surface area contributed by atoms with E-state index in [-0.39, 0.29) is 22.0 Å². The number of hydrogen-bond donors (Lipinski definition) is 1. The summed E-state index contributed by atoms with van der Waals surface area (Å²) >= 11 is 0.938. The van der Waals surface area contributed by atoms with Crippen LogP contribution in [0.4, 0.5) is 13.2 Å². The van der Waals surface area contributed by atoms with Crippen molar-refractivity contribution in [1.29, 1.82) is 0 Å². The first-order valence-corrected chi connectivity index (χ1v) is 8.66. The van der Waals surface area contributed by atoms with Gasteiger partial charge in [-0.3, -0.25) is 14.9 Å². The van der Waals surface area contributed by atoms with Gasteiger partial charge in [-0.25, -0.2) is 14.3 Å². The van der Waals surface area contributed by atoms with Crippen molar-refractivity contribution >= 4 is 23.0 Å². The van der Waals surface area contributed by atoms with Crippen LogP contribution in [0, 0.1) is 0 Å². The minimum atomic E-state index is -4.52. The van der Waals surface area contributed by atoms with Gasteiger partial charge in [-0.2, -0.15) is 13.2 Å². The fourth-order valence-electron chi connectivity index (χ4n) is 2.48. The lowest BCUT2D eigenvalue weighted by Crippen LogP contribution is -2.14. The van der Waals surface area contributed by atoms with E-state index in [0.717, 1.165) is 34.1 Å². The number of ether oxygens (including phenoxy) is 1. The fourth-order valence-corrected chi connectivity index (χ4v) is 3.26. The first kappa shape index (κ1) is 18.7. The lowest BCUT2D eigenvalue weighted by Gasteiger charge is -2.06. The Labute approximate surface area is 162 Å². The van der Waals surface area contributed by atoms with E-state index in [1.165, 1.54) is 13.3 Å². The van der Waals surface area contributed by atoms with Gasteiger partial charge >= 0.3 is 12.1 Å². The summed E-state index contributed by atoms with van der Waals surface area (Å²) in [6, 6.07) is 3.13. The molecule has 4 aromatic heterocycles. The molecule has 0 saturated carbocycles. The molecule has 0 aliphatic rings. The highest BCUT2D eigenvalue weighted by atomic mass is 32.1. The molecule has 1 N–H and O–H groups in total. The van der Waals surface area contributed by atoms with Gasteiger partial charge in [-0.1, -0.05) is 11.3 Å². The number of pyridine rings is 1. The largest absolute Gasteiger partial charge is 0.464 e. The van der Waals surface area contributed by atoms with Gasteiger partial charge in [0.05, 0.1) is 29.6 Å². The smallest absolute Gasteiger partial charge is 0.417 e.